The summed E-state index contributed by atoms with van der Waals surface area (Å²) in [5.41, 5.74) is 0. The van der Waals surface area contributed by atoms with Crippen molar-refractivity contribution in [1.82, 2.24) is 5.32 Å². The van der Waals surface area contributed by atoms with Gasteiger partial charge in [0.05, 0.1) is 12.5 Å². The largest absolute Gasteiger partial charge is 0.465 e. The molecule has 0 aromatic heterocycles. The van der Waals surface area contributed by atoms with Crippen LogP contribution >= 0.6 is 0 Å². The second-order valence-corrected chi connectivity index (χ2v) is 4.37. The van der Waals surface area contributed by atoms with E-state index in [-0.39, 0.29) is 11.9 Å². The highest BCUT2D eigenvalue weighted by Gasteiger charge is 2.21. The van der Waals surface area contributed by atoms with Gasteiger partial charge in [-0.25, -0.2) is 0 Å². The molecule has 0 aliphatic carbocycles. The molecular formula is C11H21NO2. The highest BCUT2D eigenvalue weighted by atomic mass is 16.5. The Morgan fingerprint density at radius 1 is 1.43 bits per heavy atom. The van der Waals surface area contributed by atoms with Crippen molar-refractivity contribution >= 4 is 5.97 Å². The second-order valence-electron chi connectivity index (χ2n) is 4.37. The van der Waals surface area contributed by atoms with Gasteiger partial charge in [0.25, 0.3) is 0 Å². The molecule has 0 radical (unpaired) electrons. The molecule has 0 atom stereocenters. The predicted octanol–water partition coefficient (Wildman–Crippen LogP) is 1.58. The summed E-state index contributed by atoms with van der Waals surface area (Å²) in [6.07, 6.45) is 2.83. The van der Waals surface area contributed by atoms with Crippen molar-refractivity contribution in [3.63, 3.8) is 0 Å². The third kappa shape index (κ3) is 4.09. The van der Waals surface area contributed by atoms with Crippen molar-refractivity contribution in [1.29, 1.82) is 0 Å². The Kier molecular flexibility index (Phi) is 4.94. The van der Waals surface area contributed by atoms with Crippen molar-refractivity contribution in [3.8, 4) is 0 Å². The minimum absolute atomic E-state index is 0.00662. The van der Waals surface area contributed by atoms with Crippen LogP contribution in [0.2, 0.25) is 0 Å². The van der Waals surface area contributed by atoms with E-state index in [9.17, 15) is 4.79 Å². The lowest BCUT2D eigenvalue weighted by molar-refractivity contribution is -0.149. The summed E-state index contributed by atoms with van der Waals surface area (Å²) in [5.74, 6) is 0.756. The number of rotatable bonds is 4. The summed E-state index contributed by atoms with van der Waals surface area (Å²) < 4.78 is 5.23. The lowest BCUT2D eigenvalue weighted by Gasteiger charge is -2.21. The topological polar surface area (TPSA) is 38.3 Å². The Hall–Kier alpha value is -0.570. The van der Waals surface area contributed by atoms with Crippen LogP contribution in [0.4, 0.5) is 0 Å². The Morgan fingerprint density at radius 3 is 2.64 bits per heavy atom. The van der Waals surface area contributed by atoms with Gasteiger partial charge in [-0.3, -0.25) is 4.79 Å². The van der Waals surface area contributed by atoms with Gasteiger partial charge in [-0.2, -0.15) is 0 Å². The van der Waals surface area contributed by atoms with E-state index in [4.69, 9.17) is 4.74 Å². The number of hydrogen-bond donors (Lipinski definition) is 1. The van der Waals surface area contributed by atoms with Gasteiger partial charge in [0.2, 0.25) is 0 Å². The Bertz CT molecular complexity index is 174. The van der Waals surface area contributed by atoms with E-state index in [2.05, 4.69) is 19.2 Å². The highest BCUT2D eigenvalue weighted by Crippen LogP contribution is 2.13. The second kappa shape index (κ2) is 6.02. The van der Waals surface area contributed by atoms with Gasteiger partial charge in [0.1, 0.15) is 0 Å². The summed E-state index contributed by atoms with van der Waals surface area (Å²) >= 11 is 0. The molecule has 1 fully saturated rings. The fourth-order valence-electron chi connectivity index (χ4n) is 1.57. The van der Waals surface area contributed by atoms with Crippen LogP contribution < -0.4 is 5.32 Å². The quantitative estimate of drug-likeness (QED) is 0.698. The number of esters is 1. The Labute approximate surface area is 86.2 Å². The first-order valence-electron chi connectivity index (χ1n) is 5.57. The maximum atomic E-state index is 11.5. The SMILES string of the molecule is CC(C)CCOC(=O)C1CCNCC1. The van der Waals surface area contributed by atoms with Crippen LogP contribution in [0.5, 0.6) is 0 Å². The summed E-state index contributed by atoms with van der Waals surface area (Å²) in [6.45, 7) is 6.76. The lowest BCUT2D eigenvalue weighted by atomic mass is 9.98. The molecule has 1 rings (SSSR count). The van der Waals surface area contributed by atoms with Crippen molar-refractivity contribution in [2.24, 2.45) is 11.8 Å². The minimum atomic E-state index is 0.00662. The van der Waals surface area contributed by atoms with Gasteiger partial charge in [-0.05, 0) is 38.3 Å². The van der Waals surface area contributed by atoms with Crippen molar-refractivity contribution in [2.45, 2.75) is 33.1 Å². The molecule has 1 saturated heterocycles. The molecule has 1 aliphatic rings. The molecule has 0 amide bonds. The molecule has 1 aliphatic heterocycles. The first kappa shape index (κ1) is 11.5. The minimum Gasteiger partial charge on any atom is -0.465 e. The summed E-state index contributed by atoms with van der Waals surface area (Å²) in [5, 5.41) is 3.24. The molecule has 82 valence electrons. The van der Waals surface area contributed by atoms with E-state index in [1.165, 1.54) is 0 Å². The van der Waals surface area contributed by atoms with Gasteiger partial charge in [0.15, 0.2) is 0 Å². The van der Waals surface area contributed by atoms with Gasteiger partial charge >= 0.3 is 5.97 Å². The standard InChI is InChI=1S/C11H21NO2/c1-9(2)5-8-14-11(13)10-3-6-12-7-4-10/h9-10,12H,3-8H2,1-2H3. The zero-order chi connectivity index (χ0) is 10.4. The van der Waals surface area contributed by atoms with Crippen molar-refractivity contribution in [2.75, 3.05) is 19.7 Å². The van der Waals surface area contributed by atoms with Gasteiger partial charge in [-0.15, -0.1) is 0 Å². The zero-order valence-electron chi connectivity index (χ0n) is 9.21. The van der Waals surface area contributed by atoms with Gasteiger partial charge in [0, 0.05) is 0 Å². The molecule has 0 aromatic rings. The molecule has 0 unspecified atom stereocenters. The van der Waals surface area contributed by atoms with E-state index >= 15 is 0 Å². The molecule has 0 spiro atoms. The van der Waals surface area contributed by atoms with Crippen LogP contribution in [0, 0.1) is 11.8 Å². The molecular weight excluding hydrogens is 178 g/mol. The first-order chi connectivity index (χ1) is 6.70. The van der Waals surface area contributed by atoms with E-state index in [0.29, 0.717) is 12.5 Å². The van der Waals surface area contributed by atoms with E-state index in [1.807, 2.05) is 0 Å². The maximum absolute atomic E-state index is 11.5. The molecule has 14 heavy (non-hydrogen) atoms. The molecule has 1 heterocycles. The highest BCUT2D eigenvalue weighted by molar-refractivity contribution is 5.72. The van der Waals surface area contributed by atoms with Crippen LogP contribution in [0.25, 0.3) is 0 Å². The summed E-state index contributed by atoms with van der Waals surface area (Å²) in [4.78, 5) is 11.5. The number of ether oxygens (including phenoxy) is 1. The lowest BCUT2D eigenvalue weighted by Crippen LogP contribution is -2.32. The van der Waals surface area contributed by atoms with E-state index in [0.717, 1.165) is 32.4 Å². The Morgan fingerprint density at radius 2 is 2.07 bits per heavy atom. The fraction of sp³-hybridized carbons (Fsp3) is 0.909. The Balaban J connectivity index is 2.13. The van der Waals surface area contributed by atoms with E-state index in [1.54, 1.807) is 0 Å². The van der Waals surface area contributed by atoms with Gasteiger partial charge in [-0.1, -0.05) is 13.8 Å². The molecule has 3 nitrogen and oxygen atoms in total. The summed E-state index contributed by atoms with van der Waals surface area (Å²) in [6, 6.07) is 0. The van der Waals surface area contributed by atoms with Crippen LogP contribution in [0.1, 0.15) is 33.1 Å². The molecule has 0 saturated carbocycles. The maximum Gasteiger partial charge on any atom is 0.309 e. The molecule has 3 heteroatoms. The number of carbonyl (C=O) groups is 1. The average molecular weight is 199 g/mol. The number of piperidine rings is 1. The third-order valence-electron chi connectivity index (χ3n) is 2.61. The molecule has 0 bridgehead atoms. The summed E-state index contributed by atoms with van der Waals surface area (Å²) in [7, 11) is 0. The third-order valence-corrected chi connectivity index (χ3v) is 2.61. The zero-order valence-corrected chi connectivity index (χ0v) is 9.21. The van der Waals surface area contributed by atoms with E-state index < -0.39 is 0 Å². The first-order valence-corrected chi connectivity index (χ1v) is 5.57. The predicted molar refractivity (Wildman–Crippen MR) is 56.0 cm³/mol. The number of hydrogen-bond acceptors (Lipinski definition) is 3. The number of carbonyl (C=O) groups excluding carboxylic acids is 1. The molecule has 1 N–H and O–H groups in total. The fourth-order valence-corrected chi connectivity index (χ4v) is 1.57. The van der Waals surface area contributed by atoms with Gasteiger partial charge < -0.3 is 10.1 Å². The van der Waals surface area contributed by atoms with Crippen LogP contribution in [-0.2, 0) is 9.53 Å². The van der Waals surface area contributed by atoms with Crippen molar-refractivity contribution < 1.29 is 9.53 Å². The van der Waals surface area contributed by atoms with Crippen LogP contribution in [-0.4, -0.2) is 25.7 Å². The van der Waals surface area contributed by atoms with Crippen LogP contribution in [0.3, 0.4) is 0 Å². The van der Waals surface area contributed by atoms with Crippen LogP contribution in [0.15, 0.2) is 0 Å². The van der Waals surface area contributed by atoms with Crippen molar-refractivity contribution in [3.05, 3.63) is 0 Å². The molecule has 0 aromatic carbocycles. The smallest absolute Gasteiger partial charge is 0.309 e. The monoisotopic (exact) mass is 199 g/mol. The number of nitrogens with one attached hydrogen (secondary N) is 1. The normalized spacial score (nSPS) is 18.5. The average Bonchev–Trinajstić information content (AvgIpc) is 2.18.